The van der Waals surface area contributed by atoms with Crippen molar-refractivity contribution < 1.29 is 9.90 Å². The van der Waals surface area contributed by atoms with Crippen molar-refractivity contribution in [3.63, 3.8) is 0 Å². The zero-order valence-corrected chi connectivity index (χ0v) is 11.9. The second kappa shape index (κ2) is 6.71. The maximum atomic E-state index is 12.4. The fraction of sp³-hybridized carbons (Fsp3) is 0.933. The molecule has 1 saturated heterocycles. The van der Waals surface area contributed by atoms with Crippen molar-refractivity contribution in [2.75, 3.05) is 26.2 Å². The molecule has 110 valence electrons. The van der Waals surface area contributed by atoms with Gasteiger partial charge in [-0.3, -0.25) is 4.79 Å². The van der Waals surface area contributed by atoms with Gasteiger partial charge in [0.15, 0.2) is 0 Å². The molecule has 2 aliphatic rings. The predicted octanol–water partition coefficient (Wildman–Crippen LogP) is 1.52. The van der Waals surface area contributed by atoms with Gasteiger partial charge in [-0.25, -0.2) is 0 Å². The summed E-state index contributed by atoms with van der Waals surface area (Å²) in [6.07, 6.45) is 8.46. The number of nitrogens with two attached hydrogens (primary N) is 1. The summed E-state index contributed by atoms with van der Waals surface area (Å²) in [4.78, 5) is 14.4. The first-order chi connectivity index (χ1) is 9.19. The van der Waals surface area contributed by atoms with Gasteiger partial charge in [0.25, 0.3) is 0 Å². The Kier molecular flexibility index (Phi) is 5.22. The summed E-state index contributed by atoms with van der Waals surface area (Å²) in [6.45, 7) is 2.58. The van der Waals surface area contributed by atoms with Gasteiger partial charge in [0.05, 0.1) is 0 Å². The quantitative estimate of drug-likeness (QED) is 0.794. The first-order valence-electron chi connectivity index (χ1n) is 7.78. The van der Waals surface area contributed by atoms with E-state index in [0.29, 0.717) is 18.9 Å². The van der Waals surface area contributed by atoms with E-state index in [9.17, 15) is 4.79 Å². The van der Waals surface area contributed by atoms with E-state index in [1.165, 1.54) is 19.3 Å². The number of likely N-dealkylation sites (tertiary alicyclic amines) is 1. The number of rotatable bonds is 5. The van der Waals surface area contributed by atoms with Crippen LogP contribution in [0.4, 0.5) is 0 Å². The Hall–Kier alpha value is -0.610. The highest BCUT2D eigenvalue weighted by atomic mass is 16.3. The summed E-state index contributed by atoms with van der Waals surface area (Å²) in [5.41, 5.74) is 6.03. The molecule has 0 bridgehead atoms. The van der Waals surface area contributed by atoms with Gasteiger partial charge < -0.3 is 15.7 Å². The molecule has 1 saturated carbocycles. The van der Waals surface area contributed by atoms with Crippen LogP contribution in [0.3, 0.4) is 0 Å². The highest BCUT2D eigenvalue weighted by Gasteiger charge is 2.36. The molecule has 4 heteroatoms. The molecule has 1 heterocycles. The van der Waals surface area contributed by atoms with Crippen molar-refractivity contribution in [3.8, 4) is 0 Å². The lowest BCUT2D eigenvalue weighted by Crippen LogP contribution is -2.39. The van der Waals surface area contributed by atoms with Crippen LogP contribution < -0.4 is 5.73 Å². The molecule has 2 rings (SSSR count). The monoisotopic (exact) mass is 268 g/mol. The second-order valence-electron chi connectivity index (χ2n) is 6.45. The molecule has 0 aromatic rings. The summed E-state index contributed by atoms with van der Waals surface area (Å²) in [7, 11) is 0. The van der Waals surface area contributed by atoms with Crippen molar-refractivity contribution in [1.29, 1.82) is 0 Å². The van der Waals surface area contributed by atoms with Crippen LogP contribution in [0.15, 0.2) is 0 Å². The Labute approximate surface area is 116 Å². The van der Waals surface area contributed by atoms with Crippen LogP contribution in [-0.4, -0.2) is 42.2 Å². The molecule has 1 aliphatic heterocycles. The fourth-order valence-electron chi connectivity index (χ4n) is 3.66. The highest BCUT2D eigenvalue weighted by molar-refractivity contribution is 5.77. The zero-order chi connectivity index (χ0) is 13.7. The van der Waals surface area contributed by atoms with Gasteiger partial charge in [0.2, 0.25) is 5.91 Å². The molecule has 19 heavy (non-hydrogen) atoms. The Bertz CT molecular complexity index is 301. The maximum absolute atomic E-state index is 12.4. The average molecular weight is 268 g/mol. The predicted molar refractivity (Wildman–Crippen MR) is 75.6 cm³/mol. The molecular formula is C15H28N2O2. The number of hydrogen-bond donors (Lipinski definition) is 2. The van der Waals surface area contributed by atoms with Crippen LogP contribution in [0.5, 0.6) is 0 Å². The van der Waals surface area contributed by atoms with Crippen molar-refractivity contribution in [2.45, 2.75) is 51.4 Å². The summed E-state index contributed by atoms with van der Waals surface area (Å²) < 4.78 is 0. The van der Waals surface area contributed by atoms with Crippen molar-refractivity contribution in [2.24, 2.45) is 17.1 Å². The van der Waals surface area contributed by atoms with Crippen molar-refractivity contribution >= 4 is 5.91 Å². The number of carbonyl (C=O) groups is 1. The Morgan fingerprint density at radius 3 is 2.68 bits per heavy atom. The maximum Gasteiger partial charge on any atom is 0.223 e. The molecule has 1 amide bonds. The Morgan fingerprint density at radius 2 is 2.05 bits per heavy atom. The molecule has 0 aromatic heterocycles. The average Bonchev–Trinajstić information content (AvgIpc) is 2.89. The summed E-state index contributed by atoms with van der Waals surface area (Å²) >= 11 is 0. The van der Waals surface area contributed by atoms with Gasteiger partial charge >= 0.3 is 0 Å². The van der Waals surface area contributed by atoms with Gasteiger partial charge in [-0.1, -0.05) is 19.3 Å². The first kappa shape index (κ1) is 14.8. The topological polar surface area (TPSA) is 66.6 Å². The smallest absolute Gasteiger partial charge is 0.223 e. The largest absolute Gasteiger partial charge is 0.396 e. The van der Waals surface area contributed by atoms with Crippen LogP contribution in [0.1, 0.15) is 51.4 Å². The highest BCUT2D eigenvalue weighted by Crippen LogP contribution is 2.39. The molecule has 3 N–H and O–H groups in total. The van der Waals surface area contributed by atoms with E-state index in [-0.39, 0.29) is 17.9 Å². The van der Waals surface area contributed by atoms with E-state index in [4.69, 9.17) is 10.8 Å². The zero-order valence-electron chi connectivity index (χ0n) is 11.9. The van der Waals surface area contributed by atoms with Crippen LogP contribution in [0.2, 0.25) is 0 Å². The Morgan fingerprint density at radius 1 is 1.32 bits per heavy atom. The molecule has 0 aromatic carbocycles. The summed E-state index contributed by atoms with van der Waals surface area (Å²) in [6, 6.07) is 0. The lowest BCUT2D eigenvalue weighted by atomic mass is 9.71. The van der Waals surface area contributed by atoms with Gasteiger partial charge in [0.1, 0.15) is 0 Å². The number of nitrogens with zero attached hydrogens (tertiary/aromatic N) is 1. The minimum Gasteiger partial charge on any atom is -0.396 e. The third kappa shape index (κ3) is 3.69. The minimum atomic E-state index is 0.0738. The van der Waals surface area contributed by atoms with Crippen LogP contribution >= 0.6 is 0 Å². The number of amides is 1. The van der Waals surface area contributed by atoms with E-state index < -0.39 is 0 Å². The minimum absolute atomic E-state index is 0.0738. The molecule has 2 fully saturated rings. The molecule has 4 nitrogen and oxygen atoms in total. The number of aliphatic hydroxyl groups is 1. The van der Waals surface area contributed by atoms with E-state index in [1.54, 1.807) is 0 Å². The molecular weight excluding hydrogens is 240 g/mol. The SMILES string of the molecule is NCC1(CC(=O)N2CCC(CCO)C2)CCCCC1. The van der Waals surface area contributed by atoms with Crippen molar-refractivity contribution in [3.05, 3.63) is 0 Å². The molecule has 1 aliphatic carbocycles. The van der Waals surface area contributed by atoms with E-state index in [0.717, 1.165) is 38.8 Å². The van der Waals surface area contributed by atoms with Crippen LogP contribution in [0.25, 0.3) is 0 Å². The standard InChI is InChI=1S/C15H28N2O2/c16-12-15(6-2-1-3-7-15)10-14(19)17-8-4-13(11-17)5-9-18/h13,18H,1-12,16H2. The van der Waals surface area contributed by atoms with Crippen LogP contribution in [-0.2, 0) is 4.79 Å². The number of aliphatic hydroxyl groups excluding tert-OH is 1. The van der Waals surface area contributed by atoms with Gasteiger partial charge in [-0.15, -0.1) is 0 Å². The second-order valence-corrected chi connectivity index (χ2v) is 6.45. The third-order valence-electron chi connectivity index (χ3n) is 5.05. The normalized spacial score (nSPS) is 26.6. The van der Waals surface area contributed by atoms with E-state index in [1.807, 2.05) is 4.90 Å². The molecule has 0 radical (unpaired) electrons. The van der Waals surface area contributed by atoms with Gasteiger partial charge in [0, 0.05) is 26.1 Å². The third-order valence-corrected chi connectivity index (χ3v) is 5.05. The number of carbonyl (C=O) groups excluding carboxylic acids is 1. The lowest BCUT2D eigenvalue weighted by Gasteiger charge is -2.36. The summed E-state index contributed by atoms with van der Waals surface area (Å²) in [5.74, 6) is 0.780. The van der Waals surface area contributed by atoms with Gasteiger partial charge in [-0.05, 0) is 43.6 Å². The molecule has 1 unspecified atom stereocenters. The van der Waals surface area contributed by atoms with E-state index in [2.05, 4.69) is 0 Å². The first-order valence-corrected chi connectivity index (χ1v) is 7.78. The van der Waals surface area contributed by atoms with Crippen molar-refractivity contribution in [1.82, 2.24) is 4.90 Å². The van der Waals surface area contributed by atoms with E-state index >= 15 is 0 Å². The lowest BCUT2D eigenvalue weighted by molar-refractivity contribution is -0.133. The van der Waals surface area contributed by atoms with Gasteiger partial charge in [-0.2, -0.15) is 0 Å². The summed E-state index contributed by atoms with van der Waals surface area (Å²) in [5, 5.41) is 8.97. The number of hydrogen-bond acceptors (Lipinski definition) is 3. The molecule has 1 atom stereocenters. The Balaban J connectivity index is 1.86. The fourth-order valence-corrected chi connectivity index (χ4v) is 3.66. The van der Waals surface area contributed by atoms with Crippen LogP contribution in [0, 0.1) is 11.3 Å². The molecule has 0 spiro atoms.